The summed E-state index contributed by atoms with van der Waals surface area (Å²) in [6.07, 6.45) is 4.13. The number of benzene rings is 1. The normalized spacial score (nSPS) is 29.3. The summed E-state index contributed by atoms with van der Waals surface area (Å²) in [5, 5.41) is 8.97. The van der Waals surface area contributed by atoms with Crippen molar-refractivity contribution in [2.75, 3.05) is 31.1 Å². The molecular formula is C22H27N5O2. The van der Waals surface area contributed by atoms with E-state index in [1.165, 1.54) is 0 Å². The molecule has 2 aromatic rings. The molecule has 7 heteroatoms. The van der Waals surface area contributed by atoms with Gasteiger partial charge in [0, 0.05) is 30.7 Å². The van der Waals surface area contributed by atoms with Crippen LogP contribution in [0.25, 0.3) is 11.3 Å². The standard InChI is InChI=1S/C22H27N5O2/c23-20(28)14-27-17-6-7-18(27)13-22(12-17)15-26(10-11-29-22)21-9-8-19(24-25-21)16-4-2-1-3-5-16/h1-5,8-9,17-18H,6-7,10-15H2,(H2,23,28)/t17-,18+,22?. The number of primary amides is 1. The van der Waals surface area contributed by atoms with E-state index >= 15 is 0 Å². The van der Waals surface area contributed by atoms with E-state index in [-0.39, 0.29) is 11.5 Å². The van der Waals surface area contributed by atoms with E-state index < -0.39 is 0 Å². The lowest BCUT2D eigenvalue weighted by Gasteiger charge is -2.50. The van der Waals surface area contributed by atoms with Crippen LogP contribution in [0.15, 0.2) is 42.5 Å². The number of aromatic nitrogens is 2. The Morgan fingerprint density at radius 3 is 2.52 bits per heavy atom. The molecule has 0 radical (unpaired) electrons. The van der Waals surface area contributed by atoms with Gasteiger partial charge in [0.15, 0.2) is 5.82 Å². The van der Waals surface area contributed by atoms with E-state index in [1.54, 1.807) is 0 Å². The van der Waals surface area contributed by atoms with Crippen molar-refractivity contribution in [2.24, 2.45) is 5.73 Å². The quantitative estimate of drug-likeness (QED) is 0.853. The Morgan fingerprint density at radius 2 is 1.86 bits per heavy atom. The monoisotopic (exact) mass is 393 g/mol. The van der Waals surface area contributed by atoms with E-state index in [0.717, 1.165) is 55.8 Å². The number of fused-ring (bicyclic) bond motifs is 2. The van der Waals surface area contributed by atoms with Gasteiger partial charge in [-0.15, -0.1) is 10.2 Å². The lowest BCUT2D eigenvalue weighted by atomic mass is 9.84. The second kappa shape index (κ2) is 7.39. The Morgan fingerprint density at radius 1 is 1.10 bits per heavy atom. The molecule has 3 aliphatic rings. The van der Waals surface area contributed by atoms with Gasteiger partial charge in [-0.1, -0.05) is 30.3 Å². The third-order valence-electron chi connectivity index (χ3n) is 6.62. The van der Waals surface area contributed by atoms with Crippen molar-refractivity contribution in [3.8, 4) is 11.3 Å². The average molecular weight is 393 g/mol. The number of ether oxygens (including phenoxy) is 1. The summed E-state index contributed by atoms with van der Waals surface area (Å²) in [4.78, 5) is 16.0. The number of hydrogen-bond acceptors (Lipinski definition) is 6. The fraction of sp³-hybridized carbons (Fsp3) is 0.500. The lowest BCUT2D eigenvalue weighted by molar-refractivity contribution is -0.128. The fourth-order valence-electron chi connectivity index (χ4n) is 5.38. The van der Waals surface area contributed by atoms with Gasteiger partial charge in [0.2, 0.25) is 5.91 Å². The number of carbonyl (C=O) groups is 1. The first kappa shape index (κ1) is 18.5. The second-order valence-electron chi connectivity index (χ2n) is 8.53. The zero-order valence-electron chi connectivity index (χ0n) is 16.5. The summed E-state index contributed by atoms with van der Waals surface area (Å²) in [5.74, 6) is 0.664. The van der Waals surface area contributed by atoms with Crippen molar-refractivity contribution in [3.05, 3.63) is 42.5 Å². The van der Waals surface area contributed by atoms with Gasteiger partial charge in [-0.3, -0.25) is 9.69 Å². The second-order valence-corrected chi connectivity index (χ2v) is 8.53. The van der Waals surface area contributed by atoms with E-state index in [4.69, 9.17) is 10.5 Å². The number of nitrogens with zero attached hydrogens (tertiary/aromatic N) is 4. The predicted molar refractivity (Wildman–Crippen MR) is 110 cm³/mol. The molecule has 1 aromatic carbocycles. The molecule has 29 heavy (non-hydrogen) atoms. The molecule has 0 aliphatic carbocycles. The molecule has 7 nitrogen and oxygen atoms in total. The molecule has 3 aliphatic heterocycles. The summed E-state index contributed by atoms with van der Waals surface area (Å²) in [6, 6.07) is 15.0. The summed E-state index contributed by atoms with van der Waals surface area (Å²) in [6.45, 7) is 2.70. The fourth-order valence-corrected chi connectivity index (χ4v) is 5.38. The van der Waals surface area contributed by atoms with Gasteiger partial charge in [-0.2, -0.15) is 0 Å². The molecule has 0 saturated carbocycles. The van der Waals surface area contributed by atoms with Crippen LogP contribution < -0.4 is 10.6 Å². The van der Waals surface area contributed by atoms with Crippen LogP contribution in [0.5, 0.6) is 0 Å². The number of nitrogens with two attached hydrogens (primary N) is 1. The van der Waals surface area contributed by atoms with Gasteiger partial charge in [0.25, 0.3) is 0 Å². The number of hydrogen-bond donors (Lipinski definition) is 1. The van der Waals surface area contributed by atoms with Gasteiger partial charge in [-0.05, 0) is 37.8 Å². The molecule has 1 unspecified atom stereocenters. The smallest absolute Gasteiger partial charge is 0.231 e. The zero-order chi connectivity index (χ0) is 19.8. The summed E-state index contributed by atoms with van der Waals surface area (Å²) in [7, 11) is 0. The van der Waals surface area contributed by atoms with Crippen LogP contribution in [0.2, 0.25) is 0 Å². The average Bonchev–Trinajstić information content (AvgIpc) is 2.98. The summed E-state index contributed by atoms with van der Waals surface area (Å²) >= 11 is 0. The van der Waals surface area contributed by atoms with Crippen LogP contribution >= 0.6 is 0 Å². The highest BCUT2D eigenvalue weighted by Gasteiger charge is 2.51. The first-order valence-electron chi connectivity index (χ1n) is 10.4. The van der Waals surface area contributed by atoms with Crippen LogP contribution in [0, 0.1) is 0 Å². The molecule has 1 amide bonds. The minimum atomic E-state index is -0.238. The number of carbonyl (C=O) groups excluding carboxylic acids is 1. The Bertz CT molecular complexity index is 859. The van der Waals surface area contributed by atoms with Crippen molar-refractivity contribution in [2.45, 2.75) is 43.4 Å². The number of piperidine rings is 1. The predicted octanol–water partition coefficient (Wildman–Crippen LogP) is 1.83. The molecule has 3 saturated heterocycles. The minimum Gasteiger partial charge on any atom is -0.371 e. The van der Waals surface area contributed by atoms with Crippen LogP contribution in [-0.4, -0.2) is 64.9 Å². The molecule has 2 bridgehead atoms. The third-order valence-corrected chi connectivity index (χ3v) is 6.62. The van der Waals surface area contributed by atoms with Gasteiger partial charge >= 0.3 is 0 Å². The Kier molecular flexibility index (Phi) is 4.72. The highest BCUT2D eigenvalue weighted by Crippen LogP contribution is 2.44. The van der Waals surface area contributed by atoms with Crippen LogP contribution in [0.4, 0.5) is 5.82 Å². The Balaban J connectivity index is 1.31. The summed E-state index contributed by atoms with van der Waals surface area (Å²) < 4.78 is 6.35. The maximum atomic E-state index is 11.4. The topological polar surface area (TPSA) is 84.6 Å². The van der Waals surface area contributed by atoms with E-state index in [9.17, 15) is 4.79 Å². The number of rotatable bonds is 4. The largest absolute Gasteiger partial charge is 0.371 e. The van der Waals surface area contributed by atoms with Crippen LogP contribution in [0.1, 0.15) is 25.7 Å². The van der Waals surface area contributed by atoms with Crippen molar-refractivity contribution >= 4 is 11.7 Å². The van der Waals surface area contributed by atoms with Crippen LogP contribution in [-0.2, 0) is 9.53 Å². The van der Waals surface area contributed by atoms with Crippen LogP contribution in [0.3, 0.4) is 0 Å². The minimum absolute atomic E-state index is 0.169. The zero-order valence-corrected chi connectivity index (χ0v) is 16.5. The lowest BCUT2D eigenvalue weighted by Crippen LogP contribution is -2.61. The van der Waals surface area contributed by atoms with Crippen molar-refractivity contribution < 1.29 is 9.53 Å². The maximum Gasteiger partial charge on any atom is 0.231 e. The Labute approximate surface area is 170 Å². The maximum absolute atomic E-state index is 11.4. The summed E-state index contributed by atoms with van der Waals surface area (Å²) in [5.41, 5.74) is 7.25. The molecule has 3 fully saturated rings. The Hall–Kier alpha value is -2.51. The van der Waals surface area contributed by atoms with Crippen molar-refractivity contribution in [3.63, 3.8) is 0 Å². The van der Waals surface area contributed by atoms with Crippen molar-refractivity contribution in [1.82, 2.24) is 15.1 Å². The number of anilines is 1. The molecule has 5 rings (SSSR count). The molecule has 3 atom stereocenters. The highest BCUT2D eigenvalue weighted by atomic mass is 16.5. The molecule has 2 N–H and O–H groups in total. The highest BCUT2D eigenvalue weighted by molar-refractivity contribution is 5.76. The third kappa shape index (κ3) is 3.60. The van der Waals surface area contributed by atoms with E-state index in [0.29, 0.717) is 25.2 Å². The molecule has 1 aromatic heterocycles. The SMILES string of the molecule is NC(=O)CN1[C@@H]2CC[C@H]1CC1(C2)CN(c2ccc(-c3ccccc3)nn2)CCO1. The molecule has 4 heterocycles. The van der Waals surface area contributed by atoms with E-state index in [1.807, 2.05) is 36.4 Å². The van der Waals surface area contributed by atoms with E-state index in [2.05, 4.69) is 26.1 Å². The number of amides is 1. The van der Waals surface area contributed by atoms with Crippen molar-refractivity contribution in [1.29, 1.82) is 0 Å². The molecular weight excluding hydrogens is 366 g/mol. The van der Waals surface area contributed by atoms with Gasteiger partial charge in [0.1, 0.15) is 0 Å². The van der Waals surface area contributed by atoms with Gasteiger partial charge in [0.05, 0.1) is 24.4 Å². The first-order valence-corrected chi connectivity index (χ1v) is 10.4. The molecule has 1 spiro atoms. The van der Waals surface area contributed by atoms with Gasteiger partial charge in [-0.25, -0.2) is 0 Å². The first-order chi connectivity index (χ1) is 14.1. The number of morpholine rings is 1. The van der Waals surface area contributed by atoms with Gasteiger partial charge < -0.3 is 15.4 Å². The molecule has 152 valence electrons.